The van der Waals surface area contributed by atoms with Gasteiger partial charge in [0.15, 0.2) is 11.5 Å². The second kappa shape index (κ2) is 8.79. The zero-order chi connectivity index (χ0) is 21.0. The molecule has 7 nitrogen and oxygen atoms in total. The summed E-state index contributed by atoms with van der Waals surface area (Å²) >= 11 is 5.87. The molecule has 1 aliphatic heterocycles. The zero-order valence-corrected chi connectivity index (χ0v) is 16.7. The first kappa shape index (κ1) is 20.4. The lowest BCUT2D eigenvalue weighted by Crippen LogP contribution is -2.54. The first-order valence-corrected chi connectivity index (χ1v) is 9.39. The molecular formula is C21H19ClN2O5. The minimum atomic E-state index is -0.818. The fourth-order valence-electron chi connectivity index (χ4n) is 2.81. The van der Waals surface area contributed by atoms with Crippen LogP contribution in [0.4, 0.5) is 10.5 Å². The number of benzene rings is 2. The Morgan fingerprint density at radius 1 is 0.966 bits per heavy atom. The lowest BCUT2D eigenvalue weighted by molar-refractivity contribution is -0.122. The van der Waals surface area contributed by atoms with E-state index >= 15 is 0 Å². The van der Waals surface area contributed by atoms with Crippen LogP contribution < -0.4 is 19.7 Å². The third kappa shape index (κ3) is 4.41. The highest BCUT2D eigenvalue weighted by Gasteiger charge is 2.36. The van der Waals surface area contributed by atoms with Gasteiger partial charge >= 0.3 is 6.03 Å². The SMILES string of the molecule is CCOc1ccc(/C=C2\C(=O)NC(=O)N(c3ccc(Cl)cc3)C2=O)cc1OCC. The summed E-state index contributed by atoms with van der Waals surface area (Å²) in [6.45, 7) is 4.60. The van der Waals surface area contributed by atoms with E-state index in [2.05, 4.69) is 5.32 Å². The Balaban J connectivity index is 1.98. The second-order valence-electron chi connectivity index (χ2n) is 6.01. The van der Waals surface area contributed by atoms with Gasteiger partial charge in [-0.1, -0.05) is 17.7 Å². The quantitative estimate of drug-likeness (QED) is 0.574. The van der Waals surface area contributed by atoms with E-state index in [-0.39, 0.29) is 5.57 Å². The summed E-state index contributed by atoms with van der Waals surface area (Å²) in [6, 6.07) is 10.4. The summed E-state index contributed by atoms with van der Waals surface area (Å²) in [5.41, 5.74) is 0.684. The molecule has 1 heterocycles. The van der Waals surface area contributed by atoms with Gasteiger partial charge in [-0.25, -0.2) is 9.69 Å². The molecule has 3 rings (SSSR count). The minimum Gasteiger partial charge on any atom is -0.490 e. The van der Waals surface area contributed by atoms with Gasteiger partial charge in [-0.2, -0.15) is 0 Å². The summed E-state index contributed by atoms with van der Waals surface area (Å²) in [5.74, 6) is -0.433. The van der Waals surface area contributed by atoms with Crippen molar-refractivity contribution in [2.24, 2.45) is 0 Å². The highest BCUT2D eigenvalue weighted by molar-refractivity contribution is 6.39. The molecule has 0 radical (unpaired) electrons. The maximum absolute atomic E-state index is 12.9. The van der Waals surface area contributed by atoms with Crippen molar-refractivity contribution >= 4 is 41.2 Å². The molecule has 4 amide bonds. The number of urea groups is 1. The predicted octanol–water partition coefficient (Wildman–Crippen LogP) is 3.80. The summed E-state index contributed by atoms with van der Waals surface area (Å²) in [5, 5.41) is 2.65. The predicted molar refractivity (Wildman–Crippen MR) is 109 cm³/mol. The van der Waals surface area contributed by atoms with Gasteiger partial charge in [-0.05, 0) is 61.9 Å². The number of carbonyl (C=O) groups excluding carboxylic acids is 3. The van der Waals surface area contributed by atoms with Crippen LogP contribution in [0.25, 0.3) is 6.08 Å². The molecule has 2 aromatic carbocycles. The van der Waals surface area contributed by atoms with Crippen molar-refractivity contribution in [1.29, 1.82) is 0 Å². The van der Waals surface area contributed by atoms with Crippen molar-refractivity contribution in [3.05, 3.63) is 58.6 Å². The normalized spacial score (nSPS) is 15.5. The van der Waals surface area contributed by atoms with E-state index < -0.39 is 17.8 Å². The van der Waals surface area contributed by atoms with Crippen molar-refractivity contribution in [2.45, 2.75) is 13.8 Å². The van der Waals surface area contributed by atoms with E-state index in [1.807, 2.05) is 13.8 Å². The molecule has 0 bridgehead atoms. The number of imide groups is 2. The van der Waals surface area contributed by atoms with Crippen LogP contribution in [0.3, 0.4) is 0 Å². The van der Waals surface area contributed by atoms with Crippen molar-refractivity contribution in [3.63, 3.8) is 0 Å². The number of ether oxygens (including phenoxy) is 2. The lowest BCUT2D eigenvalue weighted by atomic mass is 10.1. The molecule has 2 aromatic rings. The van der Waals surface area contributed by atoms with Crippen LogP contribution in [0, 0.1) is 0 Å². The molecule has 150 valence electrons. The smallest absolute Gasteiger partial charge is 0.335 e. The first-order valence-electron chi connectivity index (χ1n) is 9.01. The van der Waals surface area contributed by atoms with Crippen LogP contribution in [-0.4, -0.2) is 31.1 Å². The second-order valence-corrected chi connectivity index (χ2v) is 6.44. The summed E-state index contributed by atoms with van der Waals surface area (Å²) in [6.07, 6.45) is 1.41. The van der Waals surface area contributed by atoms with Crippen LogP contribution in [0.5, 0.6) is 11.5 Å². The van der Waals surface area contributed by atoms with Gasteiger partial charge in [0.1, 0.15) is 5.57 Å². The van der Waals surface area contributed by atoms with E-state index in [0.29, 0.717) is 41.0 Å². The van der Waals surface area contributed by atoms with E-state index in [0.717, 1.165) is 4.90 Å². The van der Waals surface area contributed by atoms with E-state index in [4.69, 9.17) is 21.1 Å². The molecule has 0 unspecified atom stereocenters. The fourth-order valence-corrected chi connectivity index (χ4v) is 2.93. The summed E-state index contributed by atoms with van der Waals surface area (Å²) in [7, 11) is 0. The monoisotopic (exact) mass is 414 g/mol. The van der Waals surface area contributed by atoms with Gasteiger partial charge in [0.2, 0.25) is 0 Å². The molecule has 1 N–H and O–H groups in total. The van der Waals surface area contributed by atoms with Gasteiger partial charge < -0.3 is 9.47 Å². The van der Waals surface area contributed by atoms with Gasteiger partial charge in [-0.15, -0.1) is 0 Å². The average Bonchev–Trinajstić information content (AvgIpc) is 2.69. The van der Waals surface area contributed by atoms with Gasteiger partial charge in [0, 0.05) is 5.02 Å². The Morgan fingerprint density at radius 3 is 2.28 bits per heavy atom. The molecule has 29 heavy (non-hydrogen) atoms. The van der Waals surface area contributed by atoms with Crippen molar-refractivity contribution in [1.82, 2.24) is 5.32 Å². The van der Waals surface area contributed by atoms with Crippen LogP contribution in [-0.2, 0) is 9.59 Å². The number of nitrogens with one attached hydrogen (secondary N) is 1. The topological polar surface area (TPSA) is 84.9 Å². The number of anilines is 1. The highest BCUT2D eigenvalue weighted by atomic mass is 35.5. The number of carbonyl (C=O) groups is 3. The molecule has 8 heteroatoms. The molecular weight excluding hydrogens is 396 g/mol. The Hall–Kier alpha value is -3.32. The first-order chi connectivity index (χ1) is 13.9. The zero-order valence-electron chi connectivity index (χ0n) is 15.9. The van der Waals surface area contributed by atoms with Crippen molar-refractivity contribution in [2.75, 3.05) is 18.1 Å². The largest absolute Gasteiger partial charge is 0.490 e. The highest BCUT2D eigenvalue weighted by Crippen LogP contribution is 2.30. The van der Waals surface area contributed by atoms with Crippen LogP contribution in [0.2, 0.25) is 5.02 Å². The maximum Gasteiger partial charge on any atom is 0.335 e. The van der Waals surface area contributed by atoms with Crippen LogP contribution in [0.15, 0.2) is 48.0 Å². The Kier molecular flexibility index (Phi) is 6.19. The number of halogens is 1. The van der Waals surface area contributed by atoms with Crippen LogP contribution >= 0.6 is 11.6 Å². The van der Waals surface area contributed by atoms with Crippen molar-refractivity contribution < 1.29 is 23.9 Å². The van der Waals surface area contributed by atoms with Gasteiger partial charge in [-0.3, -0.25) is 14.9 Å². The van der Waals surface area contributed by atoms with Crippen molar-refractivity contribution in [3.8, 4) is 11.5 Å². The molecule has 1 saturated heterocycles. The minimum absolute atomic E-state index is 0.175. The molecule has 0 aromatic heterocycles. The van der Waals surface area contributed by atoms with Crippen LogP contribution in [0.1, 0.15) is 19.4 Å². The molecule has 0 spiro atoms. The maximum atomic E-state index is 12.9. The number of barbiturate groups is 1. The number of hydrogen-bond donors (Lipinski definition) is 1. The van der Waals surface area contributed by atoms with E-state index in [1.54, 1.807) is 30.3 Å². The number of amides is 4. The van der Waals surface area contributed by atoms with E-state index in [1.165, 1.54) is 18.2 Å². The standard InChI is InChI=1S/C21H19ClN2O5/c1-3-28-17-10-5-13(12-18(17)29-4-2)11-16-19(25)23-21(27)24(20(16)26)15-8-6-14(22)7-9-15/h5-12H,3-4H2,1-2H3,(H,23,25,27)/b16-11+. The molecule has 0 aliphatic carbocycles. The Bertz CT molecular complexity index is 985. The summed E-state index contributed by atoms with van der Waals surface area (Å²) < 4.78 is 11.1. The third-order valence-electron chi connectivity index (χ3n) is 4.06. The number of hydrogen-bond acceptors (Lipinski definition) is 5. The lowest BCUT2D eigenvalue weighted by Gasteiger charge is -2.26. The van der Waals surface area contributed by atoms with Gasteiger partial charge in [0.05, 0.1) is 18.9 Å². The van der Waals surface area contributed by atoms with Gasteiger partial charge in [0.25, 0.3) is 11.8 Å². The third-order valence-corrected chi connectivity index (χ3v) is 4.32. The molecule has 1 aliphatic rings. The molecule has 0 saturated carbocycles. The Labute approximate surface area is 172 Å². The fraction of sp³-hybridized carbons (Fsp3) is 0.190. The molecule has 0 atom stereocenters. The number of nitrogens with zero attached hydrogens (tertiary/aromatic N) is 1. The molecule has 1 fully saturated rings. The average molecular weight is 415 g/mol. The Morgan fingerprint density at radius 2 is 1.62 bits per heavy atom. The summed E-state index contributed by atoms with van der Waals surface area (Å²) in [4.78, 5) is 38.3. The van der Waals surface area contributed by atoms with E-state index in [9.17, 15) is 14.4 Å². The number of rotatable bonds is 6.